The highest BCUT2D eigenvalue weighted by Crippen LogP contribution is 2.31. The minimum Gasteiger partial charge on any atom is -0.497 e. The van der Waals surface area contributed by atoms with Gasteiger partial charge in [0.1, 0.15) is 23.2 Å². The molecule has 2 N–H and O–H groups in total. The molecule has 3 atom stereocenters. The first-order chi connectivity index (χ1) is 18.7. The van der Waals surface area contributed by atoms with Crippen LogP contribution in [0.15, 0.2) is 60.8 Å². The van der Waals surface area contributed by atoms with Crippen LogP contribution >= 0.6 is 0 Å². The van der Waals surface area contributed by atoms with Crippen molar-refractivity contribution in [2.75, 3.05) is 39.2 Å². The average molecular weight is 537 g/mol. The van der Waals surface area contributed by atoms with E-state index >= 15 is 0 Å². The van der Waals surface area contributed by atoms with Crippen molar-refractivity contribution >= 4 is 17.6 Å². The number of carbonyl (C=O) groups excluding carboxylic acids is 2. The van der Waals surface area contributed by atoms with E-state index in [1.807, 2.05) is 31.2 Å². The molecule has 0 aliphatic carbocycles. The Hall–Kier alpha value is -4.18. The number of aliphatic hydroxyl groups excluding tert-OH is 1. The van der Waals surface area contributed by atoms with E-state index < -0.39 is 24.0 Å². The maximum Gasteiger partial charge on any atom is 0.321 e. The van der Waals surface area contributed by atoms with Crippen LogP contribution in [0.5, 0.6) is 11.6 Å². The third-order valence-electron chi connectivity index (χ3n) is 6.84. The van der Waals surface area contributed by atoms with Crippen molar-refractivity contribution in [2.45, 2.75) is 26.0 Å². The molecule has 1 aliphatic rings. The Morgan fingerprint density at radius 2 is 2.03 bits per heavy atom. The van der Waals surface area contributed by atoms with Gasteiger partial charge in [-0.25, -0.2) is 14.2 Å². The maximum atomic E-state index is 14.1. The van der Waals surface area contributed by atoms with Crippen molar-refractivity contribution in [3.8, 4) is 22.8 Å². The number of nitrogens with zero attached hydrogens (tertiary/aromatic N) is 3. The number of aromatic nitrogens is 1. The zero-order chi connectivity index (χ0) is 28.1. The first kappa shape index (κ1) is 27.8. The molecule has 39 heavy (non-hydrogen) atoms. The van der Waals surface area contributed by atoms with Crippen molar-refractivity contribution in [3.05, 3.63) is 72.2 Å². The first-order valence-electron chi connectivity index (χ1n) is 12.7. The highest BCUT2D eigenvalue weighted by molar-refractivity contribution is 5.98. The fraction of sp³-hybridized carbons (Fsp3) is 0.345. The Morgan fingerprint density at radius 1 is 1.26 bits per heavy atom. The van der Waals surface area contributed by atoms with E-state index in [1.54, 1.807) is 50.4 Å². The van der Waals surface area contributed by atoms with Crippen LogP contribution in [-0.4, -0.2) is 77.8 Å². The number of aliphatic hydroxyl groups is 1. The lowest BCUT2D eigenvalue weighted by molar-refractivity contribution is 0.0356. The number of nitrogens with one attached hydrogen (secondary N) is 1. The topological polar surface area (TPSA) is 104 Å². The molecule has 0 fully saturated rings. The van der Waals surface area contributed by atoms with Crippen LogP contribution in [0.25, 0.3) is 11.1 Å². The van der Waals surface area contributed by atoms with Gasteiger partial charge >= 0.3 is 6.03 Å². The van der Waals surface area contributed by atoms with E-state index in [0.717, 1.165) is 5.56 Å². The van der Waals surface area contributed by atoms with Crippen LogP contribution in [0.3, 0.4) is 0 Å². The van der Waals surface area contributed by atoms with Crippen LogP contribution < -0.4 is 14.8 Å². The quantitative estimate of drug-likeness (QED) is 0.467. The van der Waals surface area contributed by atoms with E-state index in [9.17, 15) is 19.1 Å². The number of methoxy groups -OCH3 is 1. The number of hydrogen-bond donors (Lipinski definition) is 2. The molecule has 1 aromatic heterocycles. The van der Waals surface area contributed by atoms with E-state index in [4.69, 9.17) is 9.47 Å². The van der Waals surface area contributed by atoms with Gasteiger partial charge in [0, 0.05) is 31.3 Å². The fourth-order valence-electron chi connectivity index (χ4n) is 4.41. The third-order valence-corrected chi connectivity index (χ3v) is 6.84. The number of urea groups is 1. The number of likely N-dealkylation sites (N-methyl/N-ethyl adjacent to an activating group) is 1. The molecule has 10 heteroatoms. The molecule has 0 unspecified atom stereocenters. The zero-order valence-corrected chi connectivity index (χ0v) is 22.4. The Morgan fingerprint density at radius 3 is 2.74 bits per heavy atom. The summed E-state index contributed by atoms with van der Waals surface area (Å²) in [5, 5.41) is 12.5. The SMILES string of the molecule is COc1cccc(-c2cnc3c(c2)C(=O)N([C@@H](C)CO)C[C@H](C)[C@@H](CN(C)C(=O)Nc2ccccc2F)O3)c1. The highest BCUT2D eigenvalue weighted by Gasteiger charge is 2.35. The Kier molecular flexibility index (Phi) is 8.65. The molecule has 0 radical (unpaired) electrons. The van der Waals surface area contributed by atoms with Gasteiger partial charge in [-0.2, -0.15) is 0 Å². The van der Waals surface area contributed by atoms with E-state index in [-0.39, 0.29) is 48.7 Å². The zero-order valence-electron chi connectivity index (χ0n) is 22.4. The number of rotatable bonds is 7. The molecule has 0 bridgehead atoms. The molecule has 3 amide bonds. The summed E-state index contributed by atoms with van der Waals surface area (Å²) >= 11 is 0. The second-order valence-corrected chi connectivity index (χ2v) is 9.72. The van der Waals surface area contributed by atoms with Crippen molar-refractivity contribution in [1.29, 1.82) is 0 Å². The minimum absolute atomic E-state index is 0.0756. The summed E-state index contributed by atoms with van der Waals surface area (Å²) < 4.78 is 25.7. The predicted molar refractivity (Wildman–Crippen MR) is 145 cm³/mol. The van der Waals surface area contributed by atoms with Gasteiger partial charge in [0.15, 0.2) is 0 Å². The summed E-state index contributed by atoms with van der Waals surface area (Å²) in [5.41, 5.74) is 1.85. The number of ether oxygens (including phenoxy) is 2. The van der Waals surface area contributed by atoms with Gasteiger partial charge in [0.05, 0.1) is 32.0 Å². The van der Waals surface area contributed by atoms with E-state index in [1.165, 1.54) is 17.0 Å². The Bertz CT molecular complexity index is 1340. The summed E-state index contributed by atoms with van der Waals surface area (Å²) in [6.45, 7) is 3.90. The molecular weight excluding hydrogens is 503 g/mol. The van der Waals surface area contributed by atoms with Crippen LogP contribution in [0.1, 0.15) is 24.2 Å². The molecule has 2 aromatic carbocycles. The lowest BCUT2D eigenvalue weighted by Gasteiger charge is -2.37. The fourth-order valence-corrected chi connectivity index (χ4v) is 4.41. The summed E-state index contributed by atoms with van der Waals surface area (Å²) in [7, 11) is 3.17. The largest absolute Gasteiger partial charge is 0.497 e. The van der Waals surface area contributed by atoms with Crippen molar-refractivity contribution < 1.29 is 28.6 Å². The second kappa shape index (κ2) is 12.1. The molecule has 206 valence electrons. The standard InChI is InChI=1S/C29H33FN4O5/c1-18-15-34(19(2)17-35)28(36)23-13-21(20-8-7-9-22(12-20)38-4)14-31-27(23)39-26(18)16-33(3)29(37)32-25-11-6-5-10-24(25)30/h5-14,18-19,26,35H,15-17H2,1-4H3,(H,32,37)/t18-,19-,26+/m0/s1. The lowest BCUT2D eigenvalue weighted by atomic mass is 9.99. The van der Waals surface area contributed by atoms with Gasteiger partial charge in [-0.05, 0) is 42.8 Å². The van der Waals surface area contributed by atoms with Gasteiger partial charge in [-0.3, -0.25) is 4.79 Å². The Balaban J connectivity index is 1.64. The average Bonchev–Trinajstić information content (AvgIpc) is 2.95. The van der Waals surface area contributed by atoms with E-state index in [0.29, 0.717) is 11.3 Å². The third kappa shape index (κ3) is 6.28. The Labute approximate surface area is 227 Å². The van der Waals surface area contributed by atoms with Crippen LogP contribution in [0, 0.1) is 11.7 Å². The molecule has 0 spiro atoms. The molecule has 1 aliphatic heterocycles. The van der Waals surface area contributed by atoms with Crippen LogP contribution in [0.2, 0.25) is 0 Å². The van der Waals surface area contributed by atoms with Gasteiger partial charge in [0.25, 0.3) is 5.91 Å². The number of para-hydroxylation sites is 1. The van der Waals surface area contributed by atoms with Crippen molar-refractivity contribution in [2.24, 2.45) is 5.92 Å². The second-order valence-electron chi connectivity index (χ2n) is 9.72. The predicted octanol–water partition coefficient (Wildman–Crippen LogP) is 4.28. The van der Waals surface area contributed by atoms with Crippen molar-refractivity contribution in [3.63, 3.8) is 0 Å². The van der Waals surface area contributed by atoms with Gasteiger partial charge in [-0.1, -0.05) is 31.2 Å². The first-order valence-corrected chi connectivity index (χ1v) is 12.7. The summed E-state index contributed by atoms with van der Waals surface area (Å²) in [6.07, 6.45) is 1.08. The smallest absolute Gasteiger partial charge is 0.321 e. The molecule has 2 heterocycles. The van der Waals surface area contributed by atoms with Gasteiger partial charge in [0.2, 0.25) is 5.88 Å². The van der Waals surface area contributed by atoms with Crippen LogP contribution in [-0.2, 0) is 0 Å². The minimum atomic E-state index is -0.545. The normalized spacial score (nSPS) is 17.8. The summed E-state index contributed by atoms with van der Waals surface area (Å²) in [4.78, 5) is 34.0. The molecule has 0 saturated carbocycles. The van der Waals surface area contributed by atoms with Gasteiger partial charge in [-0.15, -0.1) is 0 Å². The molecular formula is C29H33FN4O5. The maximum absolute atomic E-state index is 14.1. The van der Waals surface area contributed by atoms with E-state index in [2.05, 4.69) is 10.3 Å². The molecule has 4 rings (SSSR count). The number of pyridine rings is 1. The number of halogens is 1. The molecule has 3 aromatic rings. The monoisotopic (exact) mass is 536 g/mol. The summed E-state index contributed by atoms with van der Waals surface area (Å²) in [6, 6.07) is 14.1. The highest BCUT2D eigenvalue weighted by atomic mass is 19.1. The van der Waals surface area contributed by atoms with Crippen molar-refractivity contribution in [1.82, 2.24) is 14.8 Å². The van der Waals surface area contributed by atoms with Crippen LogP contribution in [0.4, 0.5) is 14.9 Å². The summed E-state index contributed by atoms with van der Waals surface area (Å²) in [5.74, 6) is -0.254. The number of carbonyl (C=O) groups is 2. The van der Waals surface area contributed by atoms with Gasteiger partial charge < -0.3 is 29.7 Å². The number of amides is 3. The number of hydrogen-bond acceptors (Lipinski definition) is 6. The number of fused-ring (bicyclic) bond motifs is 1. The number of anilines is 1. The molecule has 0 saturated heterocycles. The number of benzene rings is 2. The lowest BCUT2D eigenvalue weighted by Crippen LogP contribution is -2.50. The molecule has 9 nitrogen and oxygen atoms in total.